The molecule has 0 spiro atoms. The summed E-state index contributed by atoms with van der Waals surface area (Å²) >= 11 is 0. The molecule has 0 aromatic heterocycles. The first-order chi connectivity index (χ1) is 29.1. The second-order valence-corrected chi connectivity index (χ2v) is 16.6. The molecule has 0 N–H and O–H groups in total. The summed E-state index contributed by atoms with van der Waals surface area (Å²) in [4.78, 5) is 0. The van der Waals surface area contributed by atoms with Crippen molar-refractivity contribution in [1.82, 2.24) is 0 Å². The highest BCUT2D eigenvalue weighted by atomic mass is 16.7. The number of allylic oxidation sites excluding steroid dienone is 2. The van der Waals surface area contributed by atoms with Gasteiger partial charge in [0.25, 0.3) is 0 Å². The second-order valence-electron chi connectivity index (χ2n) is 16.6. The molecular formula is C52H102O7. The number of rotatable bonds is 48. The molecule has 0 bridgehead atoms. The van der Waals surface area contributed by atoms with E-state index in [1.165, 1.54) is 154 Å². The van der Waals surface area contributed by atoms with Crippen molar-refractivity contribution < 1.29 is 33.2 Å². The molecule has 0 saturated carbocycles. The highest BCUT2D eigenvalue weighted by molar-refractivity contribution is 5.09. The molecular weight excluding hydrogens is 737 g/mol. The Hall–Kier alpha value is -1.44. The normalized spacial score (nSPS) is 13.6. The van der Waals surface area contributed by atoms with Crippen molar-refractivity contribution in [2.24, 2.45) is 0 Å². The maximum Gasteiger partial charge on any atom is 0.162 e. The Bertz CT molecular complexity index is 847. The highest BCUT2D eigenvalue weighted by Gasteiger charge is 2.24. The Kier molecular flexibility index (Phi) is 44.9. The molecule has 2 atom stereocenters. The molecule has 0 rings (SSSR count). The molecule has 0 aromatic carbocycles. The van der Waals surface area contributed by atoms with Gasteiger partial charge in [-0.3, -0.25) is 0 Å². The van der Waals surface area contributed by atoms with Gasteiger partial charge in [-0.25, -0.2) is 0 Å². The highest BCUT2D eigenvalue weighted by Crippen LogP contribution is 2.27. The summed E-state index contributed by atoms with van der Waals surface area (Å²) in [7, 11) is 0. The average molecular weight is 839 g/mol. The van der Waals surface area contributed by atoms with Crippen LogP contribution in [-0.2, 0) is 33.2 Å². The topological polar surface area (TPSA) is 64.6 Å². The molecule has 0 aliphatic rings. The molecule has 7 nitrogen and oxygen atoms in total. The lowest BCUT2D eigenvalue weighted by Crippen LogP contribution is -2.25. The lowest BCUT2D eigenvalue weighted by Gasteiger charge is -2.26. The van der Waals surface area contributed by atoms with Crippen molar-refractivity contribution in [1.29, 1.82) is 0 Å². The Morgan fingerprint density at radius 3 is 0.864 bits per heavy atom. The number of hydrogen-bond donors (Lipinski definition) is 0. The van der Waals surface area contributed by atoms with Crippen molar-refractivity contribution in [2.75, 3.05) is 40.0 Å². The van der Waals surface area contributed by atoms with Gasteiger partial charge in [0.2, 0.25) is 0 Å². The van der Waals surface area contributed by atoms with Crippen LogP contribution >= 0.6 is 0 Å². The average Bonchev–Trinajstić information content (AvgIpc) is 3.24. The van der Waals surface area contributed by atoms with E-state index in [4.69, 9.17) is 33.2 Å². The van der Waals surface area contributed by atoms with Crippen LogP contribution in [0.2, 0.25) is 0 Å². The lowest BCUT2D eigenvalue weighted by molar-refractivity contribution is -0.167. The first-order valence-corrected chi connectivity index (χ1v) is 25.9. The summed E-state index contributed by atoms with van der Waals surface area (Å²) < 4.78 is 44.5. The molecule has 0 radical (unpaired) electrons. The first kappa shape index (κ1) is 57.6. The minimum atomic E-state index is -0.217. The van der Waals surface area contributed by atoms with E-state index in [0.717, 1.165) is 74.4 Å². The Morgan fingerprint density at radius 2 is 0.576 bits per heavy atom. The molecule has 0 aliphatic carbocycles. The summed E-state index contributed by atoms with van der Waals surface area (Å²) in [5.41, 5.74) is 0. The van der Waals surface area contributed by atoms with Crippen LogP contribution in [0.3, 0.4) is 0 Å². The summed E-state index contributed by atoms with van der Waals surface area (Å²) in [5, 5.41) is 0. The maximum atomic E-state index is 6.54. The molecule has 7 heteroatoms. The summed E-state index contributed by atoms with van der Waals surface area (Å²) in [6.07, 6.45) is 38.7. The third-order valence-corrected chi connectivity index (χ3v) is 11.2. The van der Waals surface area contributed by atoms with Gasteiger partial charge in [-0.05, 0) is 53.4 Å². The van der Waals surface area contributed by atoms with Gasteiger partial charge in [-0.2, -0.15) is 0 Å². The van der Waals surface area contributed by atoms with Gasteiger partial charge >= 0.3 is 0 Å². The fourth-order valence-corrected chi connectivity index (χ4v) is 7.83. The summed E-state index contributed by atoms with van der Waals surface area (Å²) in [6.45, 7) is 20.0. The lowest BCUT2D eigenvalue weighted by atomic mass is 10.0. The molecule has 0 aliphatic heterocycles. The van der Waals surface area contributed by atoms with E-state index in [2.05, 4.69) is 55.4 Å². The number of hydrogen-bond acceptors (Lipinski definition) is 7. The van der Waals surface area contributed by atoms with Gasteiger partial charge < -0.3 is 33.2 Å². The third kappa shape index (κ3) is 33.8. The monoisotopic (exact) mass is 839 g/mol. The number of ether oxygens (including phenoxy) is 7. The van der Waals surface area contributed by atoms with Crippen LogP contribution in [0.25, 0.3) is 0 Å². The van der Waals surface area contributed by atoms with E-state index in [9.17, 15) is 0 Å². The smallest absolute Gasteiger partial charge is 0.162 e. The van der Waals surface area contributed by atoms with Crippen molar-refractivity contribution in [3.63, 3.8) is 0 Å². The quantitative estimate of drug-likeness (QED) is 0.0343. The zero-order valence-electron chi connectivity index (χ0n) is 40.9. The maximum absolute atomic E-state index is 6.54. The van der Waals surface area contributed by atoms with Crippen molar-refractivity contribution >= 4 is 0 Å². The van der Waals surface area contributed by atoms with E-state index >= 15 is 0 Å². The van der Waals surface area contributed by atoms with Crippen LogP contribution in [0.1, 0.15) is 261 Å². The number of unbranched alkanes of at least 4 members (excludes halogenated alkanes) is 24. The van der Waals surface area contributed by atoms with Gasteiger partial charge in [-0.1, -0.05) is 195 Å². The van der Waals surface area contributed by atoms with Gasteiger partial charge in [0, 0.05) is 12.8 Å². The molecule has 0 amide bonds. The minimum Gasteiger partial charge on any atom is -0.495 e. The zero-order chi connectivity index (χ0) is 43.3. The first-order valence-electron chi connectivity index (χ1n) is 25.9. The van der Waals surface area contributed by atoms with Gasteiger partial charge in [0.05, 0.1) is 26.4 Å². The van der Waals surface area contributed by atoms with E-state index in [1.807, 2.05) is 0 Å². The van der Waals surface area contributed by atoms with E-state index in [0.29, 0.717) is 26.4 Å². The Balaban J connectivity index is 5.67. The molecule has 0 saturated heterocycles. The zero-order valence-corrected chi connectivity index (χ0v) is 40.9. The Labute approximate surface area is 368 Å². The third-order valence-electron chi connectivity index (χ3n) is 11.2. The van der Waals surface area contributed by atoms with Crippen LogP contribution in [0.5, 0.6) is 0 Å². The van der Waals surface area contributed by atoms with Crippen molar-refractivity contribution in [3.8, 4) is 0 Å². The van der Waals surface area contributed by atoms with Crippen LogP contribution in [0.4, 0.5) is 0 Å². The fraction of sp³-hybridized carbons (Fsp3) is 0.923. The molecule has 0 aromatic rings. The van der Waals surface area contributed by atoms with Crippen LogP contribution in [0, 0.1) is 0 Å². The standard InChI is InChI=1S/C52H102O7/c1-9-17-21-25-27-29-31-33-35-39-41-47(54-13-5)51(56-15-7)49(43-37-23-19-11-3)58-45-53-46-59-50(44-38-24-20-12-4)52(57-16-8)48(55-14-6)42-40-36-34-32-30-28-26-22-18-10-2/h49-50H,9-46H2,1-8H3. The van der Waals surface area contributed by atoms with Crippen molar-refractivity contribution in [2.45, 2.75) is 273 Å². The van der Waals surface area contributed by atoms with E-state index in [1.54, 1.807) is 0 Å². The minimum absolute atomic E-state index is 0.125. The Morgan fingerprint density at radius 1 is 0.305 bits per heavy atom. The van der Waals surface area contributed by atoms with Crippen LogP contribution in [0.15, 0.2) is 23.0 Å². The molecule has 59 heavy (non-hydrogen) atoms. The van der Waals surface area contributed by atoms with Crippen LogP contribution < -0.4 is 0 Å². The molecule has 0 fully saturated rings. The molecule has 2 unspecified atom stereocenters. The predicted molar refractivity (Wildman–Crippen MR) is 252 cm³/mol. The van der Waals surface area contributed by atoms with Crippen LogP contribution in [-0.4, -0.2) is 52.2 Å². The second kappa shape index (κ2) is 46.1. The van der Waals surface area contributed by atoms with Crippen molar-refractivity contribution in [3.05, 3.63) is 23.0 Å². The molecule has 352 valence electrons. The fourth-order valence-electron chi connectivity index (χ4n) is 7.83. The molecule has 0 heterocycles. The summed E-state index contributed by atoms with van der Waals surface area (Å²) in [6, 6.07) is 0. The predicted octanol–water partition coefficient (Wildman–Crippen LogP) is 16.8. The van der Waals surface area contributed by atoms with Gasteiger partial charge in [0.1, 0.15) is 23.7 Å². The SMILES string of the molecule is CCCCCCCCCCCCC(OCC)=C(OCC)C(CCCCCC)OCOCOC(CCCCCC)C(OCC)=C(CCCCCCCCCCCC)OCC. The largest absolute Gasteiger partial charge is 0.495 e. The van der Waals surface area contributed by atoms with Gasteiger partial charge in [0.15, 0.2) is 25.1 Å². The summed E-state index contributed by atoms with van der Waals surface area (Å²) in [5.74, 6) is 3.62. The van der Waals surface area contributed by atoms with E-state index in [-0.39, 0.29) is 25.8 Å². The van der Waals surface area contributed by atoms with E-state index < -0.39 is 0 Å². The van der Waals surface area contributed by atoms with Gasteiger partial charge in [-0.15, -0.1) is 0 Å².